The van der Waals surface area contributed by atoms with E-state index in [0.717, 1.165) is 11.1 Å². The molecule has 0 amide bonds. The molecule has 3 aromatic heterocycles. The predicted molar refractivity (Wildman–Crippen MR) is 77.7 cm³/mol. The minimum absolute atomic E-state index is 0.0236. The molecule has 102 valence electrons. The number of aromatic nitrogens is 3. The highest BCUT2D eigenvalue weighted by Gasteiger charge is 2.15. The normalized spacial score (nSPS) is 10.3. The molecule has 5 nitrogen and oxygen atoms in total. The number of aromatic carboxylic acids is 1. The van der Waals surface area contributed by atoms with Crippen LogP contribution in [0.4, 0.5) is 0 Å². The molecule has 1 N–H and O–H groups in total. The SMILES string of the molecule is O=C(O)c1nc(-c2ccncc2)ccc1-c1ccncc1. The number of carboxylic acids is 1. The van der Waals surface area contributed by atoms with Gasteiger partial charge in [0.25, 0.3) is 0 Å². The lowest BCUT2D eigenvalue weighted by atomic mass is 10.0. The van der Waals surface area contributed by atoms with Crippen LogP contribution in [0.2, 0.25) is 0 Å². The van der Waals surface area contributed by atoms with Crippen LogP contribution < -0.4 is 0 Å². The van der Waals surface area contributed by atoms with Gasteiger partial charge in [-0.1, -0.05) is 0 Å². The van der Waals surface area contributed by atoms with E-state index in [1.54, 1.807) is 61.2 Å². The summed E-state index contributed by atoms with van der Waals surface area (Å²) in [6, 6.07) is 10.7. The van der Waals surface area contributed by atoms with E-state index in [1.165, 1.54) is 0 Å². The van der Waals surface area contributed by atoms with Crippen LogP contribution in [0.15, 0.2) is 61.2 Å². The van der Waals surface area contributed by atoms with E-state index in [1.807, 2.05) is 0 Å². The summed E-state index contributed by atoms with van der Waals surface area (Å²) in [5, 5.41) is 9.41. The maximum absolute atomic E-state index is 11.5. The second kappa shape index (κ2) is 5.50. The van der Waals surface area contributed by atoms with Crippen LogP contribution >= 0.6 is 0 Å². The molecule has 5 heteroatoms. The largest absolute Gasteiger partial charge is 0.476 e. The van der Waals surface area contributed by atoms with Crippen LogP contribution in [0.1, 0.15) is 10.5 Å². The molecule has 0 saturated heterocycles. The quantitative estimate of drug-likeness (QED) is 0.796. The van der Waals surface area contributed by atoms with Gasteiger partial charge >= 0.3 is 5.97 Å². The third-order valence-electron chi connectivity index (χ3n) is 3.07. The first-order chi connectivity index (χ1) is 10.3. The number of hydrogen-bond acceptors (Lipinski definition) is 4. The van der Waals surface area contributed by atoms with Crippen LogP contribution in [-0.4, -0.2) is 26.0 Å². The van der Waals surface area contributed by atoms with Crippen molar-refractivity contribution in [3.05, 3.63) is 66.9 Å². The first-order valence-corrected chi connectivity index (χ1v) is 6.31. The number of carboxylic acid groups (broad SMARTS) is 1. The lowest BCUT2D eigenvalue weighted by Crippen LogP contribution is -2.04. The van der Waals surface area contributed by atoms with Crippen molar-refractivity contribution in [2.24, 2.45) is 0 Å². The van der Waals surface area contributed by atoms with Crippen LogP contribution in [0.3, 0.4) is 0 Å². The summed E-state index contributed by atoms with van der Waals surface area (Å²) in [5.41, 5.74) is 2.80. The molecule has 0 bridgehead atoms. The van der Waals surface area contributed by atoms with Crippen molar-refractivity contribution in [3.63, 3.8) is 0 Å². The fraction of sp³-hybridized carbons (Fsp3) is 0. The van der Waals surface area contributed by atoms with Gasteiger partial charge in [-0.3, -0.25) is 9.97 Å². The Morgan fingerprint density at radius 1 is 0.810 bits per heavy atom. The second-order valence-electron chi connectivity index (χ2n) is 4.37. The van der Waals surface area contributed by atoms with Crippen LogP contribution in [-0.2, 0) is 0 Å². The van der Waals surface area contributed by atoms with Gasteiger partial charge in [0.05, 0.1) is 5.69 Å². The zero-order valence-corrected chi connectivity index (χ0v) is 11.0. The Bertz CT molecular complexity index is 774. The van der Waals surface area contributed by atoms with E-state index in [0.29, 0.717) is 11.3 Å². The topological polar surface area (TPSA) is 76.0 Å². The van der Waals surface area contributed by atoms with Crippen molar-refractivity contribution in [2.45, 2.75) is 0 Å². The molecular formula is C16H11N3O2. The highest BCUT2D eigenvalue weighted by atomic mass is 16.4. The highest BCUT2D eigenvalue weighted by molar-refractivity contribution is 5.94. The van der Waals surface area contributed by atoms with Crippen LogP contribution in [0.25, 0.3) is 22.4 Å². The Kier molecular flexibility index (Phi) is 3.39. The molecule has 3 aromatic rings. The van der Waals surface area contributed by atoms with Gasteiger partial charge in [-0.05, 0) is 42.0 Å². The maximum atomic E-state index is 11.5. The van der Waals surface area contributed by atoms with Crippen molar-refractivity contribution in [1.29, 1.82) is 0 Å². The van der Waals surface area contributed by atoms with Crippen molar-refractivity contribution >= 4 is 5.97 Å². The Morgan fingerprint density at radius 2 is 1.38 bits per heavy atom. The molecule has 0 fully saturated rings. The second-order valence-corrected chi connectivity index (χ2v) is 4.37. The van der Waals surface area contributed by atoms with E-state index >= 15 is 0 Å². The smallest absolute Gasteiger partial charge is 0.355 e. The van der Waals surface area contributed by atoms with Crippen molar-refractivity contribution < 1.29 is 9.90 Å². The molecule has 0 aliphatic rings. The zero-order chi connectivity index (χ0) is 14.7. The summed E-state index contributed by atoms with van der Waals surface area (Å²) < 4.78 is 0. The molecule has 0 radical (unpaired) electrons. The third kappa shape index (κ3) is 2.62. The number of nitrogens with zero attached hydrogens (tertiary/aromatic N) is 3. The average molecular weight is 277 g/mol. The highest BCUT2D eigenvalue weighted by Crippen LogP contribution is 2.25. The molecule has 3 rings (SSSR count). The molecule has 0 unspecified atom stereocenters. The fourth-order valence-corrected chi connectivity index (χ4v) is 2.07. The van der Waals surface area contributed by atoms with Gasteiger partial charge in [0.1, 0.15) is 0 Å². The Morgan fingerprint density at radius 3 is 1.95 bits per heavy atom. The van der Waals surface area contributed by atoms with Gasteiger partial charge in [-0.25, -0.2) is 9.78 Å². The van der Waals surface area contributed by atoms with E-state index in [9.17, 15) is 9.90 Å². The van der Waals surface area contributed by atoms with Gasteiger partial charge in [0, 0.05) is 35.9 Å². The van der Waals surface area contributed by atoms with Crippen molar-refractivity contribution in [1.82, 2.24) is 15.0 Å². The van der Waals surface area contributed by atoms with Gasteiger partial charge in [0.2, 0.25) is 0 Å². The van der Waals surface area contributed by atoms with E-state index in [2.05, 4.69) is 15.0 Å². The van der Waals surface area contributed by atoms with Crippen LogP contribution in [0.5, 0.6) is 0 Å². The first kappa shape index (κ1) is 12.9. The number of pyridine rings is 3. The number of rotatable bonds is 3. The van der Waals surface area contributed by atoms with Gasteiger partial charge < -0.3 is 5.11 Å². The number of carbonyl (C=O) groups is 1. The van der Waals surface area contributed by atoms with E-state index in [4.69, 9.17) is 0 Å². The maximum Gasteiger partial charge on any atom is 0.355 e. The minimum atomic E-state index is -1.06. The van der Waals surface area contributed by atoms with Crippen molar-refractivity contribution in [2.75, 3.05) is 0 Å². The summed E-state index contributed by atoms with van der Waals surface area (Å²) in [6.07, 6.45) is 6.54. The van der Waals surface area contributed by atoms with Crippen molar-refractivity contribution in [3.8, 4) is 22.4 Å². The Labute approximate surface area is 121 Å². The summed E-state index contributed by atoms with van der Waals surface area (Å²) in [4.78, 5) is 23.6. The Hall–Kier alpha value is -3.08. The van der Waals surface area contributed by atoms with Gasteiger partial charge in [0.15, 0.2) is 5.69 Å². The standard InChI is InChI=1S/C16H11N3O2/c20-16(21)15-13(11-3-7-17-8-4-11)1-2-14(19-15)12-5-9-18-10-6-12/h1-10H,(H,20,21). The average Bonchev–Trinajstić information content (AvgIpc) is 2.56. The summed E-state index contributed by atoms with van der Waals surface area (Å²) in [5.74, 6) is -1.06. The lowest BCUT2D eigenvalue weighted by Gasteiger charge is -2.08. The molecule has 0 aliphatic carbocycles. The molecule has 0 saturated carbocycles. The van der Waals surface area contributed by atoms with E-state index in [-0.39, 0.29) is 5.69 Å². The molecule has 21 heavy (non-hydrogen) atoms. The predicted octanol–water partition coefficient (Wildman–Crippen LogP) is 2.90. The lowest BCUT2D eigenvalue weighted by molar-refractivity contribution is 0.0691. The zero-order valence-electron chi connectivity index (χ0n) is 11.0. The molecule has 0 atom stereocenters. The summed E-state index contributed by atoms with van der Waals surface area (Å²) in [6.45, 7) is 0. The molecule has 0 aliphatic heterocycles. The Balaban J connectivity index is 2.14. The molecule has 0 spiro atoms. The van der Waals surface area contributed by atoms with E-state index < -0.39 is 5.97 Å². The molecular weight excluding hydrogens is 266 g/mol. The summed E-state index contributed by atoms with van der Waals surface area (Å²) >= 11 is 0. The first-order valence-electron chi connectivity index (χ1n) is 6.31. The third-order valence-corrected chi connectivity index (χ3v) is 3.07. The number of hydrogen-bond donors (Lipinski definition) is 1. The van der Waals surface area contributed by atoms with Crippen LogP contribution in [0, 0.1) is 0 Å². The minimum Gasteiger partial charge on any atom is -0.476 e. The summed E-state index contributed by atoms with van der Waals surface area (Å²) in [7, 11) is 0. The molecule has 3 heterocycles. The molecule has 0 aromatic carbocycles. The van der Waals surface area contributed by atoms with Gasteiger partial charge in [-0.15, -0.1) is 0 Å². The monoisotopic (exact) mass is 277 g/mol. The fourth-order valence-electron chi connectivity index (χ4n) is 2.07. The van der Waals surface area contributed by atoms with Gasteiger partial charge in [-0.2, -0.15) is 0 Å².